The van der Waals surface area contributed by atoms with Gasteiger partial charge in [0.2, 0.25) is 0 Å². The first-order valence-corrected chi connectivity index (χ1v) is 3.67. The molecule has 0 bridgehead atoms. The molecule has 3 heteroatoms. The van der Waals surface area contributed by atoms with Gasteiger partial charge in [0.05, 0.1) is 0 Å². The first-order chi connectivity index (χ1) is 4.64. The average molecular weight is 141 g/mol. The van der Waals surface area contributed by atoms with Gasteiger partial charge < -0.3 is 10.8 Å². The van der Waals surface area contributed by atoms with E-state index in [1.807, 2.05) is 0 Å². The molecule has 2 saturated carbocycles. The molecule has 0 amide bonds. The van der Waals surface area contributed by atoms with Gasteiger partial charge in [-0.05, 0) is 31.1 Å². The summed E-state index contributed by atoms with van der Waals surface area (Å²) in [5, 5.41) is 8.74. The summed E-state index contributed by atoms with van der Waals surface area (Å²) in [5.41, 5.74) is 4.83. The number of rotatable bonds is 1. The van der Waals surface area contributed by atoms with E-state index < -0.39 is 11.5 Å². The Balaban J connectivity index is 2.21. The molecule has 0 aromatic rings. The highest BCUT2D eigenvalue weighted by Crippen LogP contribution is 2.56. The number of fused-ring (bicyclic) bond motifs is 1. The predicted octanol–water partition coefficient (Wildman–Crippen LogP) is 0.198. The van der Waals surface area contributed by atoms with Crippen LogP contribution in [0.4, 0.5) is 0 Å². The van der Waals surface area contributed by atoms with Crippen LogP contribution in [0.15, 0.2) is 0 Å². The number of carboxylic acids is 1. The third kappa shape index (κ3) is 0.560. The lowest BCUT2D eigenvalue weighted by Gasteiger charge is -2.19. The number of nitrogens with two attached hydrogens (primary N) is 1. The van der Waals surface area contributed by atoms with E-state index in [-0.39, 0.29) is 0 Å². The fourth-order valence-corrected chi connectivity index (χ4v) is 2.07. The van der Waals surface area contributed by atoms with Crippen molar-refractivity contribution in [2.24, 2.45) is 17.6 Å². The summed E-state index contributed by atoms with van der Waals surface area (Å²) in [6.07, 6.45) is 2.74. The van der Waals surface area contributed by atoms with Gasteiger partial charge >= 0.3 is 5.97 Å². The zero-order valence-corrected chi connectivity index (χ0v) is 5.71. The van der Waals surface area contributed by atoms with Crippen LogP contribution in [0.2, 0.25) is 0 Å². The molecule has 0 aromatic heterocycles. The summed E-state index contributed by atoms with van der Waals surface area (Å²) in [5.74, 6) is 0.128. The molecular formula is C7H11NO2. The third-order valence-electron chi connectivity index (χ3n) is 2.91. The van der Waals surface area contributed by atoms with Crippen LogP contribution in [0.5, 0.6) is 0 Å². The monoisotopic (exact) mass is 141 g/mol. The van der Waals surface area contributed by atoms with Crippen LogP contribution in [-0.2, 0) is 4.79 Å². The van der Waals surface area contributed by atoms with Crippen molar-refractivity contribution in [1.29, 1.82) is 0 Å². The van der Waals surface area contributed by atoms with E-state index in [2.05, 4.69) is 0 Å². The van der Waals surface area contributed by atoms with Gasteiger partial charge in [0.25, 0.3) is 0 Å². The van der Waals surface area contributed by atoms with Gasteiger partial charge in [-0.25, -0.2) is 0 Å². The number of carbonyl (C=O) groups is 1. The summed E-state index contributed by atoms with van der Waals surface area (Å²) >= 11 is 0. The van der Waals surface area contributed by atoms with Crippen molar-refractivity contribution in [2.75, 3.05) is 0 Å². The maximum absolute atomic E-state index is 10.6. The second-order valence-corrected chi connectivity index (χ2v) is 3.49. The Morgan fingerprint density at radius 1 is 1.70 bits per heavy atom. The summed E-state index contributed by atoms with van der Waals surface area (Å²) in [4.78, 5) is 10.6. The molecule has 0 unspecified atom stereocenters. The average Bonchev–Trinajstić information content (AvgIpc) is 2.56. The molecule has 2 aliphatic carbocycles. The second kappa shape index (κ2) is 1.53. The van der Waals surface area contributed by atoms with E-state index in [9.17, 15) is 4.79 Å². The Morgan fingerprint density at radius 3 is 2.60 bits per heavy atom. The van der Waals surface area contributed by atoms with Crippen molar-refractivity contribution in [1.82, 2.24) is 0 Å². The maximum atomic E-state index is 10.6. The Labute approximate surface area is 59.2 Å². The van der Waals surface area contributed by atoms with E-state index in [1.165, 1.54) is 0 Å². The molecule has 0 radical (unpaired) electrons. The molecule has 0 heterocycles. The lowest BCUT2D eigenvalue weighted by Crippen LogP contribution is -2.48. The molecule has 0 aliphatic heterocycles. The highest BCUT2D eigenvalue weighted by Gasteiger charge is 2.59. The molecule has 2 fully saturated rings. The first-order valence-electron chi connectivity index (χ1n) is 3.67. The van der Waals surface area contributed by atoms with Crippen LogP contribution in [0.3, 0.4) is 0 Å². The van der Waals surface area contributed by atoms with Crippen LogP contribution < -0.4 is 5.73 Å². The molecule has 10 heavy (non-hydrogen) atoms. The van der Waals surface area contributed by atoms with Gasteiger partial charge in [-0.2, -0.15) is 0 Å². The van der Waals surface area contributed by atoms with Gasteiger partial charge in [0, 0.05) is 0 Å². The summed E-state index contributed by atoms with van der Waals surface area (Å²) < 4.78 is 0. The van der Waals surface area contributed by atoms with E-state index >= 15 is 0 Å². The molecule has 0 spiro atoms. The van der Waals surface area contributed by atoms with Gasteiger partial charge in [-0.15, -0.1) is 0 Å². The highest BCUT2D eigenvalue weighted by atomic mass is 16.4. The fraction of sp³-hybridized carbons (Fsp3) is 0.857. The largest absolute Gasteiger partial charge is 0.480 e. The summed E-state index contributed by atoms with van der Waals surface area (Å²) in [6, 6.07) is 0. The predicted molar refractivity (Wildman–Crippen MR) is 35.4 cm³/mol. The van der Waals surface area contributed by atoms with E-state index in [0.717, 1.165) is 12.8 Å². The number of hydrogen-bond donors (Lipinski definition) is 2. The second-order valence-electron chi connectivity index (χ2n) is 3.49. The zero-order valence-electron chi connectivity index (χ0n) is 5.71. The number of carboxylic acid groups (broad SMARTS) is 1. The highest BCUT2D eigenvalue weighted by molar-refractivity contribution is 5.80. The molecule has 2 aliphatic rings. The van der Waals surface area contributed by atoms with Gasteiger partial charge in [-0.3, -0.25) is 4.79 Å². The minimum atomic E-state index is -0.856. The zero-order chi connectivity index (χ0) is 7.35. The minimum absolute atomic E-state index is 0.296. The Kier molecular flexibility index (Phi) is 0.944. The minimum Gasteiger partial charge on any atom is -0.480 e. The molecular weight excluding hydrogens is 130 g/mol. The van der Waals surface area contributed by atoms with Crippen molar-refractivity contribution >= 4 is 5.97 Å². The quantitative estimate of drug-likeness (QED) is 0.548. The summed E-state index contributed by atoms with van der Waals surface area (Å²) in [7, 11) is 0. The maximum Gasteiger partial charge on any atom is 0.323 e. The van der Waals surface area contributed by atoms with Crippen molar-refractivity contribution in [2.45, 2.75) is 24.8 Å². The normalized spacial score (nSPS) is 50.5. The summed E-state index contributed by atoms with van der Waals surface area (Å²) in [6.45, 7) is 0. The van der Waals surface area contributed by atoms with Crippen LogP contribution in [0.25, 0.3) is 0 Å². The molecule has 0 saturated heterocycles. The number of hydrogen-bond acceptors (Lipinski definition) is 2. The molecule has 2 rings (SSSR count). The van der Waals surface area contributed by atoms with Crippen LogP contribution in [0, 0.1) is 11.8 Å². The lowest BCUT2D eigenvalue weighted by molar-refractivity contribution is -0.143. The molecule has 3 N–H and O–H groups in total. The number of aliphatic carboxylic acids is 1. The van der Waals surface area contributed by atoms with Gasteiger partial charge in [0.1, 0.15) is 5.54 Å². The van der Waals surface area contributed by atoms with E-state index in [4.69, 9.17) is 10.8 Å². The Bertz CT molecular complexity index is 192. The SMILES string of the molecule is N[C@]1(C(=O)O)CC[C@@H]2C[C@H]21. The molecule has 3 nitrogen and oxygen atoms in total. The van der Waals surface area contributed by atoms with Crippen molar-refractivity contribution in [3.63, 3.8) is 0 Å². The van der Waals surface area contributed by atoms with Crippen LogP contribution >= 0.6 is 0 Å². The van der Waals surface area contributed by atoms with Crippen LogP contribution in [-0.4, -0.2) is 16.6 Å². The molecule has 3 atom stereocenters. The van der Waals surface area contributed by atoms with Crippen LogP contribution in [0.1, 0.15) is 19.3 Å². The standard InChI is InChI=1S/C7H11NO2/c8-7(6(9)10)2-1-4-3-5(4)7/h4-5H,1-3,8H2,(H,9,10)/t4-,5-,7-/m1/s1. The topological polar surface area (TPSA) is 63.3 Å². The van der Waals surface area contributed by atoms with Gasteiger partial charge in [-0.1, -0.05) is 0 Å². The lowest BCUT2D eigenvalue weighted by atomic mass is 9.95. The van der Waals surface area contributed by atoms with Crippen molar-refractivity contribution < 1.29 is 9.90 Å². The fourth-order valence-electron chi connectivity index (χ4n) is 2.07. The molecule has 56 valence electrons. The van der Waals surface area contributed by atoms with E-state index in [1.54, 1.807) is 0 Å². The Hall–Kier alpha value is -0.570. The Morgan fingerprint density at radius 2 is 2.40 bits per heavy atom. The third-order valence-corrected chi connectivity index (χ3v) is 2.91. The van der Waals surface area contributed by atoms with Crippen molar-refractivity contribution in [3.8, 4) is 0 Å². The van der Waals surface area contributed by atoms with Gasteiger partial charge in [0.15, 0.2) is 0 Å². The van der Waals surface area contributed by atoms with Crippen molar-refractivity contribution in [3.05, 3.63) is 0 Å². The first kappa shape index (κ1) is 6.16. The van der Waals surface area contributed by atoms with E-state index in [0.29, 0.717) is 18.3 Å². The smallest absolute Gasteiger partial charge is 0.323 e. The molecule has 0 aromatic carbocycles.